The predicted octanol–water partition coefficient (Wildman–Crippen LogP) is 2.46. The summed E-state index contributed by atoms with van der Waals surface area (Å²) >= 11 is 0. The largest absolute Gasteiger partial charge is 0.497 e. The van der Waals surface area contributed by atoms with Gasteiger partial charge >= 0.3 is 0 Å². The molecular weight excluding hydrogens is 292 g/mol. The molecule has 0 atom stereocenters. The van der Waals surface area contributed by atoms with Gasteiger partial charge in [0.2, 0.25) is 6.08 Å². The molecule has 0 saturated heterocycles. The first-order valence-electron chi connectivity index (χ1n) is 5.90. The number of sulfonamides is 1. The van der Waals surface area contributed by atoms with E-state index in [2.05, 4.69) is 9.71 Å². The Bertz CT molecular complexity index is 762. The molecule has 7 heteroatoms. The van der Waals surface area contributed by atoms with E-state index in [0.717, 1.165) is 0 Å². The molecule has 1 N–H and O–H groups in total. The number of methoxy groups -OCH3 is 1. The first-order chi connectivity index (χ1) is 10.0. The monoisotopic (exact) mass is 304 g/mol. The molecule has 0 radical (unpaired) electrons. The van der Waals surface area contributed by atoms with Crippen molar-refractivity contribution < 1.29 is 17.9 Å². The van der Waals surface area contributed by atoms with Gasteiger partial charge in [0.05, 0.1) is 17.7 Å². The smallest absolute Gasteiger partial charge is 0.261 e. The zero-order chi connectivity index (χ0) is 15.3. The summed E-state index contributed by atoms with van der Waals surface area (Å²) in [6, 6.07) is 12.1. The van der Waals surface area contributed by atoms with Crippen LogP contribution >= 0.6 is 0 Å². The van der Waals surface area contributed by atoms with Gasteiger partial charge in [-0.25, -0.2) is 13.2 Å². The van der Waals surface area contributed by atoms with Crippen molar-refractivity contribution in [1.82, 2.24) is 0 Å². The van der Waals surface area contributed by atoms with Gasteiger partial charge in [-0.3, -0.25) is 4.72 Å². The fourth-order valence-electron chi connectivity index (χ4n) is 1.63. The lowest BCUT2D eigenvalue weighted by molar-refractivity contribution is 0.415. The molecule has 0 amide bonds. The van der Waals surface area contributed by atoms with Gasteiger partial charge in [-0.1, -0.05) is 0 Å². The van der Waals surface area contributed by atoms with Gasteiger partial charge in [0, 0.05) is 5.69 Å². The van der Waals surface area contributed by atoms with Crippen LogP contribution in [0.1, 0.15) is 0 Å². The highest BCUT2D eigenvalue weighted by Gasteiger charge is 2.13. The van der Waals surface area contributed by atoms with Gasteiger partial charge in [-0.15, -0.1) is 0 Å². The normalized spacial score (nSPS) is 10.5. The average molecular weight is 304 g/mol. The minimum absolute atomic E-state index is 0.0724. The average Bonchev–Trinajstić information content (AvgIpc) is 2.48. The topological polar surface area (TPSA) is 84.8 Å². The number of benzene rings is 2. The highest BCUT2D eigenvalue weighted by atomic mass is 32.2. The molecular formula is C14H12N2O4S. The third-order valence-corrected chi connectivity index (χ3v) is 4.06. The Kier molecular flexibility index (Phi) is 4.37. The summed E-state index contributed by atoms with van der Waals surface area (Å²) in [5.41, 5.74) is 0.763. The fourth-order valence-corrected chi connectivity index (χ4v) is 2.68. The number of hydrogen-bond acceptors (Lipinski definition) is 5. The van der Waals surface area contributed by atoms with Crippen LogP contribution in [0, 0.1) is 0 Å². The van der Waals surface area contributed by atoms with Crippen molar-refractivity contribution in [3.05, 3.63) is 48.5 Å². The molecule has 2 aromatic carbocycles. The lowest BCUT2D eigenvalue weighted by Crippen LogP contribution is -2.12. The highest BCUT2D eigenvalue weighted by molar-refractivity contribution is 7.92. The van der Waals surface area contributed by atoms with Crippen molar-refractivity contribution in [3.8, 4) is 5.75 Å². The summed E-state index contributed by atoms with van der Waals surface area (Å²) in [6.45, 7) is 0. The van der Waals surface area contributed by atoms with Crippen molar-refractivity contribution in [2.45, 2.75) is 4.90 Å². The Balaban J connectivity index is 2.22. The number of nitrogens with zero attached hydrogens (tertiary/aromatic N) is 1. The summed E-state index contributed by atoms with van der Waals surface area (Å²) in [4.78, 5) is 13.6. The van der Waals surface area contributed by atoms with E-state index in [0.29, 0.717) is 17.1 Å². The van der Waals surface area contributed by atoms with Crippen LogP contribution in [0.4, 0.5) is 11.4 Å². The first-order valence-corrected chi connectivity index (χ1v) is 7.38. The summed E-state index contributed by atoms with van der Waals surface area (Å²) in [6.07, 6.45) is 1.39. The zero-order valence-corrected chi connectivity index (χ0v) is 11.9. The van der Waals surface area contributed by atoms with Gasteiger partial charge in [-0.2, -0.15) is 4.99 Å². The van der Waals surface area contributed by atoms with Crippen LogP contribution in [0.3, 0.4) is 0 Å². The number of ether oxygens (including phenoxy) is 1. The van der Waals surface area contributed by atoms with Crippen molar-refractivity contribution in [2.75, 3.05) is 11.8 Å². The summed E-state index contributed by atoms with van der Waals surface area (Å²) < 4.78 is 31.8. The van der Waals surface area contributed by atoms with E-state index < -0.39 is 10.0 Å². The van der Waals surface area contributed by atoms with E-state index in [9.17, 15) is 13.2 Å². The number of carbonyl (C=O) groups excluding carboxylic acids is 1. The molecule has 0 bridgehead atoms. The quantitative estimate of drug-likeness (QED) is 0.679. The second kappa shape index (κ2) is 6.21. The van der Waals surface area contributed by atoms with E-state index in [1.807, 2.05) is 0 Å². The van der Waals surface area contributed by atoms with Crippen LogP contribution in [-0.4, -0.2) is 21.6 Å². The Morgan fingerprint density at radius 3 is 2.19 bits per heavy atom. The predicted molar refractivity (Wildman–Crippen MR) is 78.0 cm³/mol. The number of rotatable bonds is 5. The molecule has 0 heterocycles. The molecule has 0 aliphatic rings. The van der Waals surface area contributed by atoms with Crippen molar-refractivity contribution in [1.29, 1.82) is 0 Å². The maximum absolute atomic E-state index is 12.2. The fraction of sp³-hybridized carbons (Fsp3) is 0.0714. The highest BCUT2D eigenvalue weighted by Crippen LogP contribution is 2.21. The van der Waals surface area contributed by atoms with Crippen LogP contribution in [0.25, 0.3) is 0 Å². The number of nitrogens with one attached hydrogen (secondary N) is 1. The molecule has 2 rings (SSSR count). The number of aliphatic imine (C=N–C) groups is 1. The Morgan fingerprint density at radius 1 is 1.05 bits per heavy atom. The Hall–Kier alpha value is -2.63. The molecule has 0 fully saturated rings. The molecule has 108 valence electrons. The lowest BCUT2D eigenvalue weighted by atomic mass is 10.3. The molecule has 0 aliphatic heterocycles. The molecule has 0 unspecified atom stereocenters. The molecule has 2 aromatic rings. The second-order valence-corrected chi connectivity index (χ2v) is 5.71. The summed E-state index contributed by atoms with van der Waals surface area (Å²) in [5.74, 6) is 0.633. The number of anilines is 1. The van der Waals surface area contributed by atoms with E-state index in [4.69, 9.17) is 4.74 Å². The van der Waals surface area contributed by atoms with Crippen LogP contribution in [0.5, 0.6) is 5.75 Å². The van der Waals surface area contributed by atoms with Gasteiger partial charge < -0.3 is 4.74 Å². The molecule has 0 aliphatic carbocycles. The minimum atomic E-state index is -3.70. The third-order valence-electron chi connectivity index (χ3n) is 2.66. The molecule has 0 aromatic heterocycles. The van der Waals surface area contributed by atoms with Crippen LogP contribution in [0.2, 0.25) is 0 Å². The Labute approximate surface area is 122 Å². The van der Waals surface area contributed by atoms with Crippen molar-refractivity contribution >= 4 is 27.5 Å². The van der Waals surface area contributed by atoms with E-state index in [1.54, 1.807) is 24.3 Å². The van der Waals surface area contributed by atoms with Gasteiger partial charge in [-0.05, 0) is 48.5 Å². The number of hydrogen-bond donors (Lipinski definition) is 1. The lowest BCUT2D eigenvalue weighted by Gasteiger charge is -2.08. The number of isocyanates is 1. The minimum Gasteiger partial charge on any atom is -0.497 e. The second-order valence-electron chi connectivity index (χ2n) is 4.03. The van der Waals surface area contributed by atoms with Crippen LogP contribution < -0.4 is 9.46 Å². The molecule has 0 saturated carbocycles. The van der Waals surface area contributed by atoms with Crippen LogP contribution in [-0.2, 0) is 14.8 Å². The molecule has 6 nitrogen and oxygen atoms in total. The van der Waals surface area contributed by atoms with Gasteiger partial charge in [0.1, 0.15) is 5.75 Å². The van der Waals surface area contributed by atoms with E-state index in [-0.39, 0.29) is 4.90 Å². The van der Waals surface area contributed by atoms with E-state index in [1.165, 1.54) is 37.5 Å². The van der Waals surface area contributed by atoms with Gasteiger partial charge in [0.25, 0.3) is 10.0 Å². The third kappa shape index (κ3) is 3.68. The summed E-state index contributed by atoms with van der Waals surface area (Å²) in [7, 11) is -2.17. The van der Waals surface area contributed by atoms with Gasteiger partial charge in [0.15, 0.2) is 0 Å². The standard InChI is InChI=1S/C14H12N2O4S/c1-20-13-6-2-12(3-7-13)16-21(18,19)14-8-4-11(5-9-14)15-10-17/h2-9,16H,1H3. The summed E-state index contributed by atoms with van der Waals surface area (Å²) in [5, 5.41) is 0. The zero-order valence-electron chi connectivity index (χ0n) is 11.1. The maximum atomic E-state index is 12.2. The maximum Gasteiger partial charge on any atom is 0.261 e. The van der Waals surface area contributed by atoms with E-state index >= 15 is 0 Å². The molecule has 0 spiro atoms. The molecule has 21 heavy (non-hydrogen) atoms. The van der Waals surface area contributed by atoms with Crippen LogP contribution in [0.15, 0.2) is 58.4 Å². The first kappa shape index (κ1) is 14.8. The van der Waals surface area contributed by atoms with Crippen molar-refractivity contribution in [3.63, 3.8) is 0 Å². The van der Waals surface area contributed by atoms with Crippen molar-refractivity contribution in [2.24, 2.45) is 4.99 Å². The Morgan fingerprint density at radius 2 is 1.67 bits per heavy atom. The SMILES string of the molecule is COc1ccc(NS(=O)(=O)c2ccc(N=C=O)cc2)cc1.